The summed E-state index contributed by atoms with van der Waals surface area (Å²) in [7, 11) is 0. The van der Waals surface area contributed by atoms with Gasteiger partial charge in [-0.25, -0.2) is 4.39 Å². The Morgan fingerprint density at radius 1 is 1.32 bits per heavy atom. The Labute approximate surface area is 120 Å². The van der Waals surface area contributed by atoms with Crippen LogP contribution in [0, 0.1) is 11.7 Å². The Bertz CT molecular complexity index is 473. The molecule has 5 heteroatoms. The largest absolute Gasteiger partial charge is 0.505 e. The number of nitrogens with zero attached hydrogens (tertiary/aromatic N) is 1. The van der Waals surface area contributed by atoms with Crippen molar-refractivity contribution in [3.63, 3.8) is 0 Å². The highest BCUT2D eigenvalue weighted by atomic mass is 79.9. The van der Waals surface area contributed by atoms with Crippen LogP contribution in [-0.4, -0.2) is 36.2 Å². The van der Waals surface area contributed by atoms with Gasteiger partial charge in [0, 0.05) is 37.8 Å². The second-order valence-electron chi connectivity index (χ2n) is 5.37. The summed E-state index contributed by atoms with van der Waals surface area (Å²) in [5.41, 5.74) is 0.741. The quantitative estimate of drug-likeness (QED) is 0.895. The molecule has 1 aromatic rings. The Hall–Kier alpha value is -0.650. The molecule has 1 saturated heterocycles. The third kappa shape index (κ3) is 2.64. The van der Waals surface area contributed by atoms with Gasteiger partial charge in [0.25, 0.3) is 0 Å². The van der Waals surface area contributed by atoms with Crippen LogP contribution in [0.15, 0.2) is 16.6 Å². The lowest BCUT2D eigenvalue weighted by Gasteiger charge is -2.35. The van der Waals surface area contributed by atoms with Crippen LogP contribution in [0.2, 0.25) is 0 Å². The predicted molar refractivity (Wildman–Crippen MR) is 75.7 cm³/mol. The number of aromatic hydroxyl groups is 1. The molecule has 0 amide bonds. The molecule has 104 valence electrons. The molecule has 2 aliphatic rings. The number of phenolic OH excluding ortho intramolecular Hbond substituents is 1. The lowest BCUT2D eigenvalue weighted by atomic mass is 9.98. The van der Waals surface area contributed by atoms with Crippen molar-refractivity contribution in [2.24, 2.45) is 5.92 Å². The fourth-order valence-corrected chi connectivity index (χ4v) is 3.23. The van der Waals surface area contributed by atoms with E-state index < -0.39 is 5.82 Å². The number of hydrogen-bond acceptors (Lipinski definition) is 3. The van der Waals surface area contributed by atoms with Gasteiger partial charge in [-0.2, -0.15) is 0 Å². The second kappa shape index (κ2) is 5.38. The monoisotopic (exact) mass is 328 g/mol. The summed E-state index contributed by atoms with van der Waals surface area (Å²) >= 11 is 3.12. The molecule has 3 rings (SSSR count). The summed E-state index contributed by atoms with van der Waals surface area (Å²) in [6.45, 7) is 3.84. The van der Waals surface area contributed by atoms with Gasteiger partial charge in [-0.1, -0.05) is 6.07 Å². The zero-order valence-electron chi connectivity index (χ0n) is 10.7. The van der Waals surface area contributed by atoms with Gasteiger partial charge in [0.15, 0.2) is 11.6 Å². The third-order valence-electron chi connectivity index (χ3n) is 4.03. The van der Waals surface area contributed by atoms with Gasteiger partial charge in [0.1, 0.15) is 0 Å². The SMILES string of the molecule is Oc1c([C@@H](C2CC2)N2CCNCC2)ccc(Br)c1F. The number of rotatable bonds is 3. The zero-order valence-corrected chi connectivity index (χ0v) is 12.3. The van der Waals surface area contributed by atoms with Crippen LogP contribution in [0.5, 0.6) is 5.75 Å². The summed E-state index contributed by atoms with van der Waals surface area (Å²) in [4.78, 5) is 2.37. The van der Waals surface area contributed by atoms with E-state index in [1.165, 1.54) is 12.8 Å². The standard InChI is InChI=1S/C14H18BrFN2O/c15-11-4-3-10(14(19)12(11)16)13(9-1-2-9)18-7-5-17-6-8-18/h3-4,9,13,17,19H,1-2,5-8H2/t13-/m1/s1. The Morgan fingerprint density at radius 3 is 2.63 bits per heavy atom. The maximum atomic E-state index is 13.9. The summed E-state index contributed by atoms with van der Waals surface area (Å²) < 4.78 is 14.2. The van der Waals surface area contributed by atoms with Gasteiger partial charge < -0.3 is 10.4 Å². The molecule has 0 radical (unpaired) electrons. The first-order valence-corrected chi connectivity index (χ1v) is 7.59. The van der Waals surface area contributed by atoms with Crippen molar-refractivity contribution in [2.45, 2.75) is 18.9 Å². The molecule has 1 atom stereocenters. The van der Waals surface area contributed by atoms with E-state index in [2.05, 4.69) is 26.1 Å². The number of hydrogen-bond donors (Lipinski definition) is 2. The molecule has 2 fully saturated rings. The van der Waals surface area contributed by atoms with Crippen molar-refractivity contribution in [3.05, 3.63) is 28.0 Å². The van der Waals surface area contributed by atoms with E-state index in [1.807, 2.05) is 6.07 Å². The summed E-state index contributed by atoms with van der Waals surface area (Å²) in [5, 5.41) is 13.4. The Kier molecular flexibility index (Phi) is 3.78. The number of halogens is 2. The van der Waals surface area contributed by atoms with E-state index in [0.29, 0.717) is 10.4 Å². The molecule has 1 heterocycles. The maximum absolute atomic E-state index is 13.9. The minimum atomic E-state index is -0.543. The topological polar surface area (TPSA) is 35.5 Å². The van der Waals surface area contributed by atoms with Gasteiger partial charge in [-0.15, -0.1) is 0 Å². The van der Waals surface area contributed by atoms with Gasteiger partial charge >= 0.3 is 0 Å². The molecule has 3 nitrogen and oxygen atoms in total. The highest BCUT2D eigenvalue weighted by Gasteiger charge is 2.38. The average Bonchev–Trinajstić information content (AvgIpc) is 3.25. The lowest BCUT2D eigenvalue weighted by molar-refractivity contribution is 0.153. The molecular formula is C14H18BrFN2O. The molecule has 0 bridgehead atoms. The minimum absolute atomic E-state index is 0.157. The van der Waals surface area contributed by atoms with Crippen LogP contribution in [-0.2, 0) is 0 Å². The van der Waals surface area contributed by atoms with Crippen molar-refractivity contribution in [2.75, 3.05) is 26.2 Å². The fraction of sp³-hybridized carbons (Fsp3) is 0.571. The molecule has 2 N–H and O–H groups in total. The summed E-state index contributed by atoms with van der Waals surface area (Å²) in [6, 6.07) is 3.71. The molecule has 1 aliphatic heterocycles. The number of nitrogens with one attached hydrogen (secondary N) is 1. The number of benzene rings is 1. The predicted octanol–water partition coefficient (Wildman–Crippen LogP) is 2.65. The van der Waals surface area contributed by atoms with E-state index in [1.54, 1.807) is 6.07 Å². The molecule has 0 aromatic heterocycles. The second-order valence-corrected chi connectivity index (χ2v) is 6.22. The summed E-state index contributed by atoms with van der Waals surface area (Å²) in [6.07, 6.45) is 2.34. The first-order valence-electron chi connectivity index (χ1n) is 6.80. The number of phenols is 1. The van der Waals surface area contributed by atoms with Gasteiger partial charge in [-0.3, -0.25) is 4.90 Å². The van der Waals surface area contributed by atoms with E-state index >= 15 is 0 Å². The van der Waals surface area contributed by atoms with E-state index in [-0.39, 0.29) is 11.8 Å². The normalized spacial score (nSPS) is 22.4. The smallest absolute Gasteiger partial charge is 0.179 e. The molecule has 1 aliphatic carbocycles. The third-order valence-corrected chi connectivity index (χ3v) is 4.64. The van der Waals surface area contributed by atoms with Crippen LogP contribution < -0.4 is 5.32 Å². The molecule has 0 spiro atoms. The van der Waals surface area contributed by atoms with Crippen LogP contribution in [0.4, 0.5) is 4.39 Å². The fourth-order valence-electron chi connectivity index (χ4n) is 2.91. The Balaban J connectivity index is 1.93. The van der Waals surface area contributed by atoms with Crippen molar-refractivity contribution < 1.29 is 9.50 Å². The van der Waals surface area contributed by atoms with Crippen LogP contribution in [0.25, 0.3) is 0 Å². The van der Waals surface area contributed by atoms with Gasteiger partial charge in [-0.05, 0) is 40.8 Å². The van der Waals surface area contributed by atoms with Crippen molar-refractivity contribution in [1.82, 2.24) is 10.2 Å². The van der Waals surface area contributed by atoms with Crippen LogP contribution >= 0.6 is 15.9 Å². The van der Waals surface area contributed by atoms with Crippen molar-refractivity contribution >= 4 is 15.9 Å². The van der Waals surface area contributed by atoms with Gasteiger partial charge in [0.05, 0.1) is 4.47 Å². The van der Waals surface area contributed by atoms with Crippen molar-refractivity contribution in [3.8, 4) is 5.75 Å². The average molecular weight is 329 g/mol. The first kappa shape index (κ1) is 13.3. The zero-order chi connectivity index (χ0) is 13.4. The highest BCUT2D eigenvalue weighted by molar-refractivity contribution is 9.10. The van der Waals surface area contributed by atoms with Crippen molar-refractivity contribution in [1.29, 1.82) is 0 Å². The molecule has 1 aromatic carbocycles. The molecular weight excluding hydrogens is 311 g/mol. The van der Waals surface area contributed by atoms with Crippen LogP contribution in [0.1, 0.15) is 24.4 Å². The summed E-state index contributed by atoms with van der Waals surface area (Å²) in [5.74, 6) is -0.173. The Morgan fingerprint density at radius 2 is 2.00 bits per heavy atom. The minimum Gasteiger partial charge on any atom is -0.505 e. The van der Waals surface area contributed by atoms with Gasteiger partial charge in [0.2, 0.25) is 0 Å². The molecule has 0 unspecified atom stereocenters. The number of piperazine rings is 1. The van der Waals surface area contributed by atoms with E-state index in [0.717, 1.165) is 31.7 Å². The van der Waals surface area contributed by atoms with Crippen LogP contribution in [0.3, 0.4) is 0 Å². The lowest BCUT2D eigenvalue weighted by Crippen LogP contribution is -2.45. The molecule has 1 saturated carbocycles. The van der Waals surface area contributed by atoms with E-state index in [4.69, 9.17) is 0 Å². The highest BCUT2D eigenvalue weighted by Crippen LogP contribution is 2.47. The first-order chi connectivity index (χ1) is 9.18. The maximum Gasteiger partial charge on any atom is 0.179 e. The molecule has 19 heavy (non-hydrogen) atoms. The van der Waals surface area contributed by atoms with E-state index in [9.17, 15) is 9.50 Å².